The van der Waals surface area contributed by atoms with Crippen molar-refractivity contribution in [1.29, 1.82) is 0 Å². The molecule has 1 N–H and O–H groups in total. The lowest BCUT2D eigenvalue weighted by atomic mass is 10.1. The smallest absolute Gasteiger partial charge is 0.320 e. The number of rotatable bonds is 5. The van der Waals surface area contributed by atoms with E-state index in [1.165, 1.54) is 12.1 Å². The average Bonchev–Trinajstić information content (AvgIpc) is 2.73. The van der Waals surface area contributed by atoms with Crippen molar-refractivity contribution in [2.24, 2.45) is 0 Å². The highest BCUT2D eigenvalue weighted by Crippen LogP contribution is 2.24. The number of carbonyl (C=O) groups excluding carboxylic acids is 1. The Kier molecular flexibility index (Phi) is 4.07. The van der Waals surface area contributed by atoms with Crippen LogP contribution in [0.5, 0.6) is 0 Å². The number of carbonyl (C=O) groups is 1. The van der Waals surface area contributed by atoms with E-state index in [9.17, 15) is 14.9 Å². The van der Waals surface area contributed by atoms with Gasteiger partial charge in [-0.05, 0) is 13.0 Å². The van der Waals surface area contributed by atoms with Crippen molar-refractivity contribution in [2.45, 2.75) is 13.5 Å². The predicted octanol–water partition coefficient (Wildman–Crippen LogP) is 1.89. The van der Waals surface area contributed by atoms with Crippen LogP contribution in [0.1, 0.15) is 12.5 Å². The second-order valence-corrected chi connectivity index (χ2v) is 4.75. The Morgan fingerprint density at radius 2 is 2.15 bits per heavy atom. The van der Waals surface area contributed by atoms with E-state index in [4.69, 9.17) is 0 Å². The number of amides is 2. The summed E-state index contributed by atoms with van der Waals surface area (Å²) in [5.74, 6) is 0. The number of likely N-dealkylation sites (N-methyl/N-ethyl adjacent to an activating group) is 1. The van der Waals surface area contributed by atoms with Crippen molar-refractivity contribution in [3.63, 3.8) is 0 Å². The molecule has 2 amide bonds. The highest BCUT2D eigenvalue weighted by Gasteiger charge is 2.26. The number of anilines is 1. The SMILES string of the molecule is CCNc1ccc([N+](=O)[O-])cc1CN1CCN(C)C1=O. The molecule has 1 aromatic carbocycles. The Morgan fingerprint density at radius 1 is 1.40 bits per heavy atom. The zero-order chi connectivity index (χ0) is 14.7. The molecule has 1 aromatic rings. The third kappa shape index (κ3) is 2.81. The molecule has 7 nitrogen and oxygen atoms in total. The molecule has 108 valence electrons. The lowest BCUT2D eigenvalue weighted by Crippen LogP contribution is -2.29. The van der Waals surface area contributed by atoms with Crippen molar-refractivity contribution in [1.82, 2.24) is 9.80 Å². The van der Waals surface area contributed by atoms with Crippen LogP contribution in [0.3, 0.4) is 0 Å². The number of nitro benzene ring substituents is 1. The lowest BCUT2D eigenvalue weighted by molar-refractivity contribution is -0.384. The fourth-order valence-corrected chi connectivity index (χ4v) is 2.24. The molecule has 0 atom stereocenters. The number of hydrogen-bond donors (Lipinski definition) is 1. The van der Waals surface area contributed by atoms with Gasteiger partial charge in [-0.1, -0.05) is 0 Å². The quantitative estimate of drug-likeness (QED) is 0.659. The molecule has 1 saturated heterocycles. The van der Waals surface area contributed by atoms with Crippen LogP contribution in [-0.4, -0.2) is 47.4 Å². The number of benzene rings is 1. The largest absolute Gasteiger partial charge is 0.385 e. The molecule has 0 unspecified atom stereocenters. The van der Waals surface area contributed by atoms with Gasteiger partial charge in [-0.3, -0.25) is 10.1 Å². The fourth-order valence-electron chi connectivity index (χ4n) is 2.24. The minimum atomic E-state index is -0.419. The van der Waals surface area contributed by atoms with Crippen LogP contribution in [0.2, 0.25) is 0 Å². The second-order valence-electron chi connectivity index (χ2n) is 4.75. The van der Waals surface area contributed by atoms with E-state index in [1.54, 1.807) is 22.9 Å². The first-order valence-electron chi connectivity index (χ1n) is 6.54. The van der Waals surface area contributed by atoms with E-state index in [1.807, 2.05) is 6.92 Å². The second kappa shape index (κ2) is 5.77. The van der Waals surface area contributed by atoms with Gasteiger partial charge in [0.1, 0.15) is 0 Å². The molecule has 0 radical (unpaired) electrons. The summed E-state index contributed by atoms with van der Waals surface area (Å²) in [6.45, 7) is 4.39. The lowest BCUT2D eigenvalue weighted by Gasteiger charge is -2.18. The van der Waals surface area contributed by atoms with Crippen molar-refractivity contribution in [3.8, 4) is 0 Å². The van der Waals surface area contributed by atoms with Gasteiger partial charge in [0.15, 0.2) is 0 Å². The van der Waals surface area contributed by atoms with Gasteiger partial charge in [-0.2, -0.15) is 0 Å². The van der Waals surface area contributed by atoms with E-state index < -0.39 is 4.92 Å². The molecule has 0 aliphatic carbocycles. The first-order chi connectivity index (χ1) is 9.52. The number of urea groups is 1. The van der Waals surface area contributed by atoms with Crippen molar-refractivity contribution >= 4 is 17.4 Å². The van der Waals surface area contributed by atoms with Gasteiger partial charge < -0.3 is 15.1 Å². The van der Waals surface area contributed by atoms with Gasteiger partial charge in [0.2, 0.25) is 0 Å². The van der Waals surface area contributed by atoms with Crippen LogP contribution >= 0.6 is 0 Å². The Labute approximate surface area is 117 Å². The fraction of sp³-hybridized carbons (Fsp3) is 0.462. The average molecular weight is 278 g/mol. The van der Waals surface area contributed by atoms with Crippen LogP contribution in [0.25, 0.3) is 0 Å². The first kappa shape index (κ1) is 14.1. The van der Waals surface area contributed by atoms with Gasteiger partial charge in [0.05, 0.1) is 4.92 Å². The van der Waals surface area contributed by atoms with Crippen LogP contribution in [0.15, 0.2) is 18.2 Å². The highest BCUT2D eigenvalue weighted by atomic mass is 16.6. The van der Waals surface area contributed by atoms with Gasteiger partial charge in [0.25, 0.3) is 5.69 Å². The van der Waals surface area contributed by atoms with Crippen LogP contribution in [0.4, 0.5) is 16.2 Å². The molecule has 1 aliphatic heterocycles. The minimum absolute atomic E-state index is 0.0426. The Hall–Kier alpha value is -2.31. The third-order valence-corrected chi connectivity index (χ3v) is 3.33. The monoisotopic (exact) mass is 278 g/mol. The Balaban J connectivity index is 2.25. The molecule has 1 aliphatic rings. The Bertz CT molecular complexity index is 532. The molecule has 1 heterocycles. The van der Waals surface area contributed by atoms with Crippen LogP contribution < -0.4 is 5.32 Å². The normalized spacial score (nSPS) is 14.8. The summed E-state index contributed by atoms with van der Waals surface area (Å²) in [6, 6.07) is 4.66. The van der Waals surface area contributed by atoms with Crippen LogP contribution in [0, 0.1) is 10.1 Å². The summed E-state index contributed by atoms with van der Waals surface area (Å²) in [6.07, 6.45) is 0. The maximum absolute atomic E-state index is 11.9. The molecule has 2 rings (SSSR count). The number of nitrogens with one attached hydrogen (secondary N) is 1. The summed E-state index contributed by atoms with van der Waals surface area (Å²) >= 11 is 0. The molecule has 1 fully saturated rings. The van der Waals surface area contributed by atoms with E-state index in [-0.39, 0.29) is 11.7 Å². The summed E-state index contributed by atoms with van der Waals surface area (Å²) in [7, 11) is 1.75. The highest BCUT2D eigenvalue weighted by molar-refractivity contribution is 5.76. The minimum Gasteiger partial charge on any atom is -0.385 e. The predicted molar refractivity (Wildman–Crippen MR) is 75.7 cm³/mol. The van der Waals surface area contributed by atoms with E-state index >= 15 is 0 Å². The summed E-state index contributed by atoms with van der Waals surface area (Å²) in [4.78, 5) is 25.7. The molecular weight excluding hydrogens is 260 g/mol. The standard InChI is InChI=1S/C13H18N4O3/c1-3-14-12-5-4-11(17(19)20)8-10(12)9-16-7-6-15(2)13(16)18/h4-5,8,14H,3,6-7,9H2,1-2H3. The molecule has 7 heteroatoms. The van der Waals surface area contributed by atoms with E-state index in [0.29, 0.717) is 19.6 Å². The number of hydrogen-bond acceptors (Lipinski definition) is 4. The maximum atomic E-state index is 11.9. The van der Waals surface area contributed by atoms with Gasteiger partial charge in [-0.15, -0.1) is 0 Å². The summed E-state index contributed by atoms with van der Waals surface area (Å²) in [5, 5.41) is 14.0. The van der Waals surface area contributed by atoms with E-state index in [2.05, 4.69) is 5.32 Å². The van der Waals surface area contributed by atoms with E-state index in [0.717, 1.165) is 17.8 Å². The number of non-ortho nitro benzene ring substituents is 1. The Morgan fingerprint density at radius 3 is 2.70 bits per heavy atom. The van der Waals surface area contributed by atoms with Gasteiger partial charge in [0, 0.05) is 56.6 Å². The van der Waals surface area contributed by atoms with Crippen molar-refractivity contribution in [2.75, 3.05) is 32.0 Å². The summed E-state index contributed by atoms with van der Waals surface area (Å²) < 4.78 is 0. The molecule has 0 spiro atoms. The topological polar surface area (TPSA) is 78.7 Å². The molecule has 0 bridgehead atoms. The van der Waals surface area contributed by atoms with Gasteiger partial charge >= 0.3 is 6.03 Å². The maximum Gasteiger partial charge on any atom is 0.320 e. The molecular formula is C13H18N4O3. The van der Waals surface area contributed by atoms with Crippen molar-refractivity contribution in [3.05, 3.63) is 33.9 Å². The third-order valence-electron chi connectivity index (χ3n) is 3.33. The molecule has 20 heavy (non-hydrogen) atoms. The van der Waals surface area contributed by atoms with Crippen molar-refractivity contribution < 1.29 is 9.72 Å². The number of nitro groups is 1. The zero-order valence-corrected chi connectivity index (χ0v) is 11.6. The van der Waals surface area contributed by atoms with Gasteiger partial charge in [-0.25, -0.2) is 4.79 Å². The molecule has 0 saturated carbocycles. The first-order valence-corrected chi connectivity index (χ1v) is 6.54. The van der Waals surface area contributed by atoms with Crippen LogP contribution in [-0.2, 0) is 6.54 Å². The number of nitrogens with zero attached hydrogens (tertiary/aromatic N) is 3. The zero-order valence-electron chi connectivity index (χ0n) is 11.6. The summed E-state index contributed by atoms with van der Waals surface area (Å²) in [5.41, 5.74) is 1.65. The molecule has 0 aromatic heterocycles.